The highest BCUT2D eigenvalue weighted by atomic mass is 32.2. The summed E-state index contributed by atoms with van der Waals surface area (Å²) in [5.74, 6) is 1.95. The van der Waals surface area contributed by atoms with Crippen LogP contribution in [0.3, 0.4) is 0 Å². The number of nitrogens with zero attached hydrogens (tertiary/aromatic N) is 1. The molecule has 0 unspecified atom stereocenters. The Hall–Kier alpha value is 0.260. The maximum absolute atomic E-state index is 11.6. The fraction of sp³-hybridized carbons (Fsp3) is 1.00. The fourth-order valence-electron chi connectivity index (χ4n) is 1.28. The number of unbranched alkanes of at least 4 members (excludes halogenated alkanes) is 2. The molecule has 78 valence electrons. The van der Waals surface area contributed by atoms with E-state index in [1.807, 2.05) is 0 Å². The Bertz CT molecular complexity index is 233. The van der Waals surface area contributed by atoms with E-state index < -0.39 is 10.0 Å². The minimum Gasteiger partial charge on any atom is -0.212 e. The van der Waals surface area contributed by atoms with Crippen molar-refractivity contribution in [1.82, 2.24) is 4.31 Å². The Balaban J connectivity index is 2.36. The number of rotatable bonds is 5. The van der Waals surface area contributed by atoms with Gasteiger partial charge in [0, 0.05) is 12.3 Å². The molecule has 0 aliphatic carbocycles. The van der Waals surface area contributed by atoms with Crippen molar-refractivity contribution in [2.75, 3.05) is 23.9 Å². The van der Waals surface area contributed by atoms with E-state index in [9.17, 15) is 8.42 Å². The lowest BCUT2D eigenvalue weighted by Gasteiger charge is -2.13. The first kappa shape index (κ1) is 11.3. The van der Waals surface area contributed by atoms with Crippen LogP contribution in [-0.2, 0) is 10.0 Å². The lowest BCUT2D eigenvalue weighted by molar-refractivity contribution is 0.487. The molecule has 1 aliphatic rings. The summed E-state index contributed by atoms with van der Waals surface area (Å²) in [6.45, 7) is 2.79. The summed E-state index contributed by atoms with van der Waals surface area (Å²) >= 11 is 1.70. The molecule has 0 aromatic carbocycles. The molecule has 1 heterocycles. The number of thioether (sulfide) groups is 1. The monoisotopic (exact) mass is 223 g/mol. The average Bonchev–Trinajstić information content (AvgIpc) is 2.56. The maximum Gasteiger partial charge on any atom is 0.214 e. The molecule has 13 heavy (non-hydrogen) atoms. The van der Waals surface area contributed by atoms with E-state index in [0.717, 1.165) is 25.0 Å². The Morgan fingerprint density at radius 3 is 2.69 bits per heavy atom. The quantitative estimate of drug-likeness (QED) is 0.663. The van der Waals surface area contributed by atoms with Gasteiger partial charge in [0.25, 0.3) is 0 Å². The summed E-state index contributed by atoms with van der Waals surface area (Å²) in [6.07, 6.45) is 2.89. The lowest BCUT2D eigenvalue weighted by Crippen LogP contribution is -2.30. The Morgan fingerprint density at radius 2 is 2.15 bits per heavy atom. The smallest absolute Gasteiger partial charge is 0.212 e. The molecule has 0 aromatic heterocycles. The molecule has 3 nitrogen and oxygen atoms in total. The van der Waals surface area contributed by atoms with Crippen LogP contribution in [0.1, 0.15) is 26.2 Å². The van der Waals surface area contributed by atoms with E-state index in [1.54, 1.807) is 16.1 Å². The summed E-state index contributed by atoms with van der Waals surface area (Å²) in [7, 11) is -2.92. The molecule has 0 bridgehead atoms. The number of hydrogen-bond acceptors (Lipinski definition) is 3. The minimum atomic E-state index is -2.92. The van der Waals surface area contributed by atoms with Crippen LogP contribution in [0.4, 0.5) is 0 Å². The molecular formula is C8H17NO2S2. The Labute approximate surface area is 84.9 Å². The third kappa shape index (κ3) is 3.48. The summed E-state index contributed by atoms with van der Waals surface area (Å²) in [5.41, 5.74) is 0. The van der Waals surface area contributed by atoms with E-state index in [1.165, 1.54) is 0 Å². The van der Waals surface area contributed by atoms with Crippen LogP contribution in [0.2, 0.25) is 0 Å². The number of hydrogen-bond donors (Lipinski definition) is 0. The van der Waals surface area contributed by atoms with Crippen LogP contribution in [0.5, 0.6) is 0 Å². The standard InChI is InChI=1S/C8H17NO2S2/c1-2-3-4-7-13(10,11)9-5-6-12-8-9/h2-8H2,1H3. The second-order valence-corrected chi connectivity index (χ2v) is 6.40. The highest BCUT2D eigenvalue weighted by Crippen LogP contribution is 2.18. The first-order chi connectivity index (χ1) is 6.17. The molecule has 0 N–H and O–H groups in total. The fourth-order valence-corrected chi connectivity index (χ4v) is 4.27. The van der Waals surface area contributed by atoms with E-state index in [0.29, 0.717) is 18.2 Å². The molecule has 0 spiro atoms. The predicted molar refractivity (Wildman–Crippen MR) is 57.3 cm³/mol. The second-order valence-electron chi connectivity index (χ2n) is 3.24. The van der Waals surface area contributed by atoms with Gasteiger partial charge in [0.2, 0.25) is 10.0 Å². The van der Waals surface area contributed by atoms with Crippen molar-refractivity contribution < 1.29 is 8.42 Å². The van der Waals surface area contributed by atoms with Crippen molar-refractivity contribution >= 4 is 21.8 Å². The molecule has 0 atom stereocenters. The minimum absolute atomic E-state index is 0.335. The van der Waals surface area contributed by atoms with Gasteiger partial charge in [-0.15, -0.1) is 11.8 Å². The van der Waals surface area contributed by atoms with Crippen molar-refractivity contribution in [1.29, 1.82) is 0 Å². The van der Waals surface area contributed by atoms with Gasteiger partial charge < -0.3 is 0 Å². The van der Waals surface area contributed by atoms with Gasteiger partial charge in [0.1, 0.15) is 0 Å². The van der Waals surface area contributed by atoms with E-state index in [2.05, 4.69) is 6.92 Å². The van der Waals surface area contributed by atoms with Crippen LogP contribution >= 0.6 is 11.8 Å². The highest BCUT2D eigenvalue weighted by molar-refractivity contribution is 8.00. The molecule has 0 saturated carbocycles. The van der Waals surface area contributed by atoms with Gasteiger partial charge in [-0.25, -0.2) is 8.42 Å². The van der Waals surface area contributed by atoms with Crippen LogP contribution in [0.25, 0.3) is 0 Å². The Morgan fingerprint density at radius 1 is 1.38 bits per heavy atom. The second kappa shape index (κ2) is 5.22. The predicted octanol–water partition coefficient (Wildman–Crippen LogP) is 1.51. The van der Waals surface area contributed by atoms with Gasteiger partial charge in [-0.3, -0.25) is 0 Å². The van der Waals surface area contributed by atoms with Crippen molar-refractivity contribution in [3.63, 3.8) is 0 Å². The van der Waals surface area contributed by atoms with E-state index in [-0.39, 0.29) is 0 Å². The van der Waals surface area contributed by atoms with Gasteiger partial charge in [0.15, 0.2) is 0 Å². The summed E-state index contributed by atoms with van der Waals surface area (Å²) in [6, 6.07) is 0. The van der Waals surface area contributed by atoms with E-state index in [4.69, 9.17) is 0 Å². The molecule has 1 fully saturated rings. The highest BCUT2D eigenvalue weighted by Gasteiger charge is 2.24. The van der Waals surface area contributed by atoms with Gasteiger partial charge >= 0.3 is 0 Å². The first-order valence-corrected chi connectivity index (χ1v) is 7.49. The van der Waals surface area contributed by atoms with Crippen molar-refractivity contribution in [3.05, 3.63) is 0 Å². The zero-order valence-corrected chi connectivity index (χ0v) is 9.66. The van der Waals surface area contributed by atoms with Crippen molar-refractivity contribution in [2.24, 2.45) is 0 Å². The van der Waals surface area contributed by atoms with Gasteiger partial charge in [-0.2, -0.15) is 4.31 Å². The SMILES string of the molecule is CCCCCS(=O)(=O)N1CCSC1. The maximum atomic E-state index is 11.6. The molecule has 1 rings (SSSR count). The average molecular weight is 223 g/mol. The summed E-state index contributed by atoms with van der Waals surface area (Å²) < 4.78 is 24.8. The molecule has 0 aromatic rings. The van der Waals surface area contributed by atoms with E-state index >= 15 is 0 Å². The third-order valence-electron chi connectivity index (χ3n) is 2.12. The lowest BCUT2D eigenvalue weighted by atomic mass is 10.3. The van der Waals surface area contributed by atoms with Crippen molar-refractivity contribution in [3.8, 4) is 0 Å². The zero-order valence-electron chi connectivity index (χ0n) is 8.03. The largest absolute Gasteiger partial charge is 0.214 e. The van der Waals surface area contributed by atoms with Crippen LogP contribution < -0.4 is 0 Å². The topological polar surface area (TPSA) is 37.4 Å². The number of sulfonamides is 1. The molecule has 1 saturated heterocycles. The summed E-state index contributed by atoms with van der Waals surface area (Å²) in [4.78, 5) is 0. The molecule has 0 amide bonds. The normalized spacial score (nSPS) is 19.5. The first-order valence-electron chi connectivity index (χ1n) is 4.72. The van der Waals surface area contributed by atoms with Crippen LogP contribution in [-0.4, -0.2) is 36.7 Å². The summed E-state index contributed by atoms with van der Waals surface area (Å²) in [5, 5.41) is 0. The molecule has 1 aliphatic heterocycles. The van der Waals surface area contributed by atoms with Gasteiger partial charge in [-0.05, 0) is 6.42 Å². The van der Waals surface area contributed by atoms with Crippen LogP contribution in [0.15, 0.2) is 0 Å². The molecular weight excluding hydrogens is 206 g/mol. The van der Waals surface area contributed by atoms with Crippen molar-refractivity contribution in [2.45, 2.75) is 26.2 Å². The Kier molecular flexibility index (Phi) is 4.55. The molecule has 0 radical (unpaired) electrons. The third-order valence-corrected chi connectivity index (χ3v) is 5.15. The zero-order chi connectivity index (χ0) is 9.73. The van der Waals surface area contributed by atoms with Gasteiger partial charge in [-0.1, -0.05) is 19.8 Å². The van der Waals surface area contributed by atoms with Crippen LogP contribution in [0, 0.1) is 0 Å². The molecule has 5 heteroatoms. The van der Waals surface area contributed by atoms with Gasteiger partial charge in [0.05, 0.1) is 11.6 Å².